The summed E-state index contributed by atoms with van der Waals surface area (Å²) in [6.07, 6.45) is 0. The van der Waals surface area contributed by atoms with E-state index in [4.69, 9.17) is 13.7 Å². The smallest absolute Gasteiger partial charge is 0.455 e. The molecule has 4 heteroatoms. The van der Waals surface area contributed by atoms with Crippen LogP contribution < -0.4 is 5.46 Å². The first-order chi connectivity index (χ1) is 15.3. The fourth-order valence-corrected chi connectivity index (χ4v) is 4.61. The number of furan rings is 1. The van der Waals surface area contributed by atoms with Gasteiger partial charge in [-0.25, -0.2) is 0 Å². The van der Waals surface area contributed by atoms with Crippen molar-refractivity contribution >= 4 is 45.3 Å². The monoisotopic (exact) mass is 420 g/mol. The molecule has 0 radical (unpaired) electrons. The average molecular weight is 420 g/mol. The van der Waals surface area contributed by atoms with Gasteiger partial charge in [-0.3, -0.25) is 0 Å². The predicted octanol–water partition coefficient (Wildman–Crippen LogP) is 6.71. The van der Waals surface area contributed by atoms with Gasteiger partial charge in [0.1, 0.15) is 11.2 Å². The molecule has 0 spiro atoms. The third kappa shape index (κ3) is 2.83. The van der Waals surface area contributed by atoms with E-state index >= 15 is 0 Å². The molecule has 1 fully saturated rings. The second-order valence-electron chi connectivity index (χ2n) is 9.65. The number of benzene rings is 4. The molecule has 1 aliphatic heterocycles. The van der Waals surface area contributed by atoms with Crippen molar-refractivity contribution in [3.05, 3.63) is 78.9 Å². The van der Waals surface area contributed by atoms with Gasteiger partial charge in [-0.1, -0.05) is 60.7 Å². The zero-order valence-corrected chi connectivity index (χ0v) is 18.8. The van der Waals surface area contributed by atoms with Gasteiger partial charge in [0, 0.05) is 16.2 Å². The van der Waals surface area contributed by atoms with Gasteiger partial charge in [-0.05, 0) is 67.9 Å². The lowest BCUT2D eigenvalue weighted by Crippen LogP contribution is -2.41. The lowest BCUT2D eigenvalue weighted by molar-refractivity contribution is 0.00578. The van der Waals surface area contributed by atoms with Crippen LogP contribution in [0.3, 0.4) is 0 Å². The molecule has 3 nitrogen and oxygen atoms in total. The summed E-state index contributed by atoms with van der Waals surface area (Å²) >= 11 is 0. The molecule has 158 valence electrons. The minimum absolute atomic E-state index is 0.392. The van der Waals surface area contributed by atoms with Crippen molar-refractivity contribution in [2.45, 2.75) is 38.9 Å². The van der Waals surface area contributed by atoms with Crippen LogP contribution in [-0.4, -0.2) is 18.3 Å². The van der Waals surface area contributed by atoms with E-state index in [0.717, 1.165) is 38.2 Å². The fourth-order valence-electron chi connectivity index (χ4n) is 4.61. The van der Waals surface area contributed by atoms with Crippen LogP contribution >= 0.6 is 0 Å². The minimum atomic E-state index is -0.434. The molecule has 32 heavy (non-hydrogen) atoms. The number of fused-ring (bicyclic) bond motifs is 5. The van der Waals surface area contributed by atoms with Crippen LogP contribution in [0.2, 0.25) is 0 Å². The quantitative estimate of drug-likeness (QED) is 0.298. The highest BCUT2D eigenvalue weighted by Gasteiger charge is 2.52. The predicted molar refractivity (Wildman–Crippen MR) is 132 cm³/mol. The van der Waals surface area contributed by atoms with Gasteiger partial charge in [0.2, 0.25) is 0 Å². The molecular weight excluding hydrogens is 395 g/mol. The van der Waals surface area contributed by atoms with Crippen molar-refractivity contribution < 1.29 is 13.7 Å². The third-order valence-electron chi connectivity index (χ3n) is 7.13. The highest BCUT2D eigenvalue weighted by molar-refractivity contribution is 6.66. The number of rotatable bonds is 2. The van der Waals surface area contributed by atoms with Crippen LogP contribution in [0.25, 0.3) is 43.8 Å². The summed E-state index contributed by atoms with van der Waals surface area (Å²) in [5, 5.41) is 4.42. The molecule has 2 heterocycles. The van der Waals surface area contributed by atoms with Crippen LogP contribution in [0.5, 0.6) is 0 Å². The van der Waals surface area contributed by atoms with Gasteiger partial charge < -0.3 is 13.7 Å². The maximum absolute atomic E-state index is 6.45. The molecule has 6 rings (SSSR count). The van der Waals surface area contributed by atoms with Gasteiger partial charge in [-0.15, -0.1) is 0 Å². The Labute approximate surface area is 188 Å². The molecule has 0 unspecified atom stereocenters. The van der Waals surface area contributed by atoms with Crippen molar-refractivity contribution in [3.8, 4) is 11.1 Å². The van der Waals surface area contributed by atoms with E-state index < -0.39 is 18.3 Å². The summed E-state index contributed by atoms with van der Waals surface area (Å²) in [5.74, 6) is 0. The van der Waals surface area contributed by atoms with Crippen molar-refractivity contribution in [2.75, 3.05) is 0 Å². The van der Waals surface area contributed by atoms with Gasteiger partial charge in [0.25, 0.3) is 0 Å². The molecule has 0 amide bonds. The van der Waals surface area contributed by atoms with E-state index in [2.05, 4.69) is 88.4 Å². The SMILES string of the molecule is CC1(C)OB(c2cccc3oc4c5cc(-c6ccccc6)ccc5ccc4c23)OC1(C)C. The summed E-state index contributed by atoms with van der Waals surface area (Å²) in [4.78, 5) is 0. The Morgan fingerprint density at radius 2 is 1.38 bits per heavy atom. The van der Waals surface area contributed by atoms with Crippen LogP contribution in [-0.2, 0) is 9.31 Å². The normalized spacial score (nSPS) is 17.6. The van der Waals surface area contributed by atoms with Gasteiger partial charge in [-0.2, -0.15) is 0 Å². The molecule has 0 saturated carbocycles. The number of hydrogen-bond acceptors (Lipinski definition) is 3. The summed E-state index contributed by atoms with van der Waals surface area (Å²) in [5.41, 5.74) is 4.35. The van der Waals surface area contributed by atoms with E-state index in [1.54, 1.807) is 0 Å². The van der Waals surface area contributed by atoms with Crippen LogP contribution in [0.15, 0.2) is 83.3 Å². The highest BCUT2D eigenvalue weighted by atomic mass is 16.7. The first kappa shape index (κ1) is 19.6. The third-order valence-corrected chi connectivity index (χ3v) is 7.13. The summed E-state index contributed by atoms with van der Waals surface area (Å²) in [6.45, 7) is 8.33. The van der Waals surface area contributed by atoms with E-state index in [-0.39, 0.29) is 0 Å². The first-order valence-corrected chi connectivity index (χ1v) is 11.1. The fraction of sp³-hybridized carbons (Fsp3) is 0.214. The van der Waals surface area contributed by atoms with Gasteiger partial charge in [0.05, 0.1) is 11.2 Å². The lowest BCUT2D eigenvalue weighted by atomic mass is 9.76. The number of hydrogen-bond donors (Lipinski definition) is 0. The maximum atomic E-state index is 6.45. The topological polar surface area (TPSA) is 31.6 Å². The zero-order chi connectivity index (χ0) is 22.1. The Kier molecular flexibility index (Phi) is 4.11. The van der Waals surface area contributed by atoms with E-state index in [0.29, 0.717) is 0 Å². The molecule has 1 aliphatic rings. The average Bonchev–Trinajstić information content (AvgIpc) is 3.27. The standard InChI is InChI=1S/C28H25BO3/c1-27(2)28(3,4)32-29(31-27)23-11-8-12-24-25(23)21-16-15-19-13-14-20(17-22(19)26(21)30-24)18-9-6-5-7-10-18/h5-17H,1-4H3. The van der Waals surface area contributed by atoms with Crippen LogP contribution in [0.4, 0.5) is 0 Å². The molecule has 1 saturated heterocycles. The first-order valence-electron chi connectivity index (χ1n) is 11.1. The molecule has 0 bridgehead atoms. The largest absolute Gasteiger partial charge is 0.495 e. The van der Waals surface area contributed by atoms with Gasteiger partial charge >= 0.3 is 7.12 Å². The van der Waals surface area contributed by atoms with Crippen molar-refractivity contribution in [3.63, 3.8) is 0 Å². The minimum Gasteiger partial charge on any atom is -0.455 e. The zero-order valence-electron chi connectivity index (χ0n) is 18.8. The Hall–Kier alpha value is -3.08. The van der Waals surface area contributed by atoms with Gasteiger partial charge in [0.15, 0.2) is 0 Å². The summed E-state index contributed by atoms with van der Waals surface area (Å²) in [6, 6.07) is 27.5. The molecule has 0 aliphatic carbocycles. The van der Waals surface area contributed by atoms with E-state index in [9.17, 15) is 0 Å². The molecule has 5 aromatic rings. The molecule has 0 atom stereocenters. The summed E-state index contributed by atoms with van der Waals surface area (Å²) < 4.78 is 19.2. The maximum Gasteiger partial charge on any atom is 0.495 e. The Balaban J connectivity index is 1.58. The molecule has 0 N–H and O–H groups in total. The van der Waals surface area contributed by atoms with E-state index in [1.807, 2.05) is 18.2 Å². The second kappa shape index (κ2) is 6.71. The molecule has 1 aromatic heterocycles. The van der Waals surface area contributed by atoms with Crippen LogP contribution in [0, 0.1) is 0 Å². The van der Waals surface area contributed by atoms with Crippen molar-refractivity contribution in [2.24, 2.45) is 0 Å². The van der Waals surface area contributed by atoms with Crippen LogP contribution in [0.1, 0.15) is 27.7 Å². The lowest BCUT2D eigenvalue weighted by Gasteiger charge is -2.32. The second-order valence-corrected chi connectivity index (χ2v) is 9.65. The Morgan fingerprint density at radius 1 is 0.656 bits per heavy atom. The molecular formula is C28H25BO3. The summed E-state index contributed by atoms with van der Waals surface area (Å²) in [7, 11) is -0.434. The highest BCUT2D eigenvalue weighted by Crippen LogP contribution is 2.39. The Bertz CT molecular complexity index is 1460. The van der Waals surface area contributed by atoms with Crippen molar-refractivity contribution in [1.29, 1.82) is 0 Å². The van der Waals surface area contributed by atoms with Crippen molar-refractivity contribution in [1.82, 2.24) is 0 Å². The molecule has 4 aromatic carbocycles. The Morgan fingerprint density at radius 3 is 2.12 bits per heavy atom. The van der Waals surface area contributed by atoms with E-state index in [1.165, 1.54) is 11.1 Å².